The van der Waals surface area contributed by atoms with Crippen molar-refractivity contribution in [3.8, 4) is 11.8 Å². The number of carbonyl (C=O) groups is 1. The average Bonchev–Trinajstić information content (AvgIpc) is 2.65. The number of anilines is 1. The van der Waals surface area contributed by atoms with Crippen LogP contribution in [0.4, 0.5) is 18.9 Å². The Morgan fingerprint density at radius 1 is 1.19 bits per heavy atom. The van der Waals surface area contributed by atoms with Crippen LogP contribution >= 0.6 is 0 Å². The maximum Gasteiger partial charge on any atom is 0.418 e. The number of hydrogen-bond donors (Lipinski definition) is 2. The van der Waals surface area contributed by atoms with E-state index in [-0.39, 0.29) is 12.1 Å². The molecule has 2 N–H and O–H groups in total. The lowest BCUT2D eigenvalue weighted by molar-refractivity contribution is -0.137. The Morgan fingerprint density at radius 2 is 1.85 bits per heavy atom. The van der Waals surface area contributed by atoms with Gasteiger partial charge in [0.05, 0.1) is 18.4 Å². The third-order valence-corrected chi connectivity index (χ3v) is 3.58. The number of nitrogens with zero attached hydrogens (tertiary/aromatic N) is 1. The predicted molar refractivity (Wildman–Crippen MR) is 93.6 cm³/mol. The van der Waals surface area contributed by atoms with Gasteiger partial charge in [0.2, 0.25) is 0 Å². The first-order valence-corrected chi connectivity index (χ1v) is 7.80. The van der Waals surface area contributed by atoms with Gasteiger partial charge in [0.15, 0.2) is 0 Å². The highest BCUT2D eigenvalue weighted by Crippen LogP contribution is 2.34. The van der Waals surface area contributed by atoms with E-state index in [0.717, 1.165) is 23.9 Å². The predicted octanol–water partition coefficient (Wildman–Crippen LogP) is 3.85. The van der Waals surface area contributed by atoms with Gasteiger partial charge < -0.3 is 15.4 Å². The molecular weight excluding hydrogens is 359 g/mol. The zero-order chi connectivity index (χ0) is 19.9. The Balaban J connectivity index is 2.11. The van der Waals surface area contributed by atoms with Crippen LogP contribution in [0.15, 0.2) is 60.3 Å². The van der Waals surface area contributed by atoms with E-state index in [4.69, 9.17) is 10.00 Å². The second kappa shape index (κ2) is 8.76. The van der Waals surface area contributed by atoms with Crippen LogP contribution in [0, 0.1) is 11.3 Å². The van der Waals surface area contributed by atoms with Crippen molar-refractivity contribution >= 4 is 11.6 Å². The molecule has 0 radical (unpaired) electrons. The van der Waals surface area contributed by atoms with E-state index in [2.05, 4.69) is 10.6 Å². The average molecular weight is 375 g/mol. The molecule has 8 heteroatoms. The Bertz CT molecular complexity index is 886. The molecule has 0 aliphatic heterocycles. The summed E-state index contributed by atoms with van der Waals surface area (Å²) >= 11 is 0. The van der Waals surface area contributed by atoms with Crippen molar-refractivity contribution in [3.05, 3.63) is 71.4 Å². The van der Waals surface area contributed by atoms with Crippen LogP contribution in [-0.4, -0.2) is 13.0 Å². The van der Waals surface area contributed by atoms with Crippen LogP contribution in [0.25, 0.3) is 0 Å². The van der Waals surface area contributed by atoms with Gasteiger partial charge in [0.1, 0.15) is 17.4 Å². The van der Waals surface area contributed by atoms with E-state index in [1.54, 1.807) is 30.3 Å². The van der Waals surface area contributed by atoms with Crippen molar-refractivity contribution in [2.75, 3.05) is 12.4 Å². The van der Waals surface area contributed by atoms with Crippen LogP contribution in [0.3, 0.4) is 0 Å². The van der Waals surface area contributed by atoms with Gasteiger partial charge in [-0.2, -0.15) is 18.4 Å². The smallest absolute Gasteiger partial charge is 0.418 e. The first kappa shape index (κ1) is 19.8. The number of hydrogen-bond acceptors (Lipinski definition) is 4. The molecule has 5 nitrogen and oxygen atoms in total. The Kier molecular flexibility index (Phi) is 6.44. The van der Waals surface area contributed by atoms with Crippen LogP contribution in [-0.2, 0) is 17.5 Å². The number of carbonyl (C=O) groups excluding carboxylic acids is 1. The lowest BCUT2D eigenvalue weighted by Crippen LogP contribution is -2.19. The second-order valence-corrected chi connectivity index (χ2v) is 5.36. The molecule has 0 spiro atoms. The number of para-hydroxylation sites is 2. The third kappa shape index (κ3) is 5.25. The summed E-state index contributed by atoms with van der Waals surface area (Å²) in [5.74, 6) is -0.317. The van der Waals surface area contributed by atoms with Gasteiger partial charge in [-0.3, -0.25) is 4.79 Å². The van der Waals surface area contributed by atoms with E-state index in [9.17, 15) is 18.0 Å². The maximum absolute atomic E-state index is 13.0. The molecule has 0 heterocycles. The maximum atomic E-state index is 13.0. The van der Waals surface area contributed by atoms with E-state index in [0.29, 0.717) is 5.75 Å². The molecule has 0 saturated carbocycles. The Morgan fingerprint density at radius 3 is 2.52 bits per heavy atom. The minimum Gasteiger partial charge on any atom is -0.496 e. The van der Waals surface area contributed by atoms with Gasteiger partial charge in [-0.15, -0.1) is 0 Å². The summed E-state index contributed by atoms with van der Waals surface area (Å²) in [6.07, 6.45) is -3.47. The van der Waals surface area contributed by atoms with Gasteiger partial charge in [-0.25, -0.2) is 0 Å². The minimum atomic E-state index is -4.62. The lowest BCUT2D eigenvalue weighted by Gasteiger charge is -2.13. The molecule has 0 aliphatic rings. The first-order chi connectivity index (χ1) is 12.9. The highest BCUT2D eigenvalue weighted by molar-refractivity contribution is 6.06. The molecule has 0 aromatic heterocycles. The van der Waals surface area contributed by atoms with Crippen molar-refractivity contribution in [1.29, 1.82) is 5.26 Å². The zero-order valence-corrected chi connectivity index (χ0v) is 14.3. The summed E-state index contributed by atoms with van der Waals surface area (Å²) in [5.41, 5.74) is -0.975. The zero-order valence-electron chi connectivity index (χ0n) is 14.3. The standard InChI is InChI=1S/C19H16F3N3O2/c1-27-17-9-5-2-6-13(17)11-24-12-14(10-23)18(26)25-16-8-4-3-7-15(16)19(20,21)22/h2-9,12,24H,11H2,1H3,(H,25,26)/b14-12-. The van der Waals surface area contributed by atoms with Crippen molar-refractivity contribution in [2.24, 2.45) is 0 Å². The molecule has 0 atom stereocenters. The van der Waals surface area contributed by atoms with Crippen molar-refractivity contribution < 1.29 is 22.7 Å². The summed E-state index contributed by atoms with van der Waals surface area (Å²) in [7, 11) is 1.51. The number of alkyl halides is 3. The third-order valence-electron chi connectivity index (χ3n) is 3.58. The fraction of sp³-hybridized carbons (Fsp3) is 0.158. The molecule has 0 saturated heterocycles. The highest BCUT2D eigenvalue weighted by atomic mass is 19.4. The van der Waals surface area contributed by atoms with E-state index in [1.165, 1.54) is 19.2 Å². The molecule has 2 aromatic rings. The topological polar surface area (TPSA) is 74.1 Å². The Labute approximate surface area is 154 Å². The molecule has 140 valence electrons. The van der Waals surface area contributed by atoms with Gasteiger partial charge >= 0.3 is 6.18 Å². The number of nitrogens with one attached hydrogen (secondary N) is 2. The summed E-state index contributed by atoms with van der Waals surface area (Å²) in [6.45, 7) is 0.265. The van der Waals surface area contributed by atoms with Crippen LogP contribution in [0.5, 0.6) is 5.75 Å². The number of nitriles is 1. The summed E-state index contributed by atoms with van der Waals surface area (Å²) in [6, 6.07) is 13.4. The second-order valence-electron chi connectivity index (χ2n) is 5.36. The fourth-order valence-corrected chi connectivity index (χ4v) is 2.29. The summed E-state index contributed by atoms with van der Waals surface area (Å²) in [4.78, 5) is 12.2. The first-order valence-electron chi connectivity index (χ1n) is 7.80. The van der Waals surface area contributed by atoms with Gasteiger partial charge in [0, 0.05) is 18.3 Å². The Hall–Kier alpha value is -3.47. The lowest BCUT2D eigenvalue weighted by atomic mass is 10.1. The molecule has 0 bridgehead atoms. The quantitative estimate of drug-likeness (QED) is 0.594. The van der Waals surface area contributed by atoms with Crippen molar-refractivity contribution in [1.82, 2.24) is 5.32 Å². The highest BCUT2D eigenvalue weighted by Gasteiger charge is 2.33. The monoisotopic (exact) mass is 375 g/mol. The van der Waals surface area contributed by atoms with E-state index in [1.807, 2.05) is 0 Å². The van der Waals surface area contributed by atoms with Gasteiger partial charge in [0.25, 0.3) is 5.91 Å². The number of ether oxygens (including phenoxy) is 1. The molecule has 0 unspecified atom stereocenters. The SMILES string of the molecule is COc1ccccc1CN/C=C(/C#N)C(=O)Nc1ccccc1C(F)(F)F. The van der Waals surface area contributed by atoms with Crippen LogP contribution < -0.4 is 15.4 Å². The van der Waals surface area contributed by atoms with Crippen LogP contribution in [0.1, 0.15) is 11.1 Å². The number of methoxy groups -OCH3 is 1. The molecular formula is C19H16F3N3O2. The number of halogens is 3. The molecule has 1 amide bonds. The normalized spacial score (nSPS) is 11.4. The van der Waals surface area contributed by atoms with E-state index < -0.39 is 23.3 Å². The number of amides is 1. The largest absolute Gasteiger partial charge is 0.496 e. The molecule has 0 fully saturated rings. The summed E-state index contributed by atoms with van der Waals surface area (Å²) < 4.78 is 44.2. The molecule has 2 aromatic carbocycles. The number of rotatable bonds is 6. The minimum absolute atomic E-state index is 0.265. The van der Waals surface area contributed by atoms with Crippen molar-refractivity contribution in [2.45, 2.75) is 12.7 Å². The fourth-order valence-electron chi connectivity index (χ4n) is 2.29. The summed E-state index contributed by atoms with van der Waals surface area (Å²) in [5, 5.41) is 14.1. The van der Waals surface area contributed by atoms with Crippen molar-refractivity contribution in [3.63, 3.8) is 0 Å². The molecule has 2 rings (SSSR count). The van der Waals surface area contributed by atoms with Gasteiger partial charge in [-0.05, 0) is 18.2 Å². The van der Waals surface area contributed by atoms with Gasteiger partial charge in [-0.1, -0.05) is 30.3 Å². The molecule has 27 heavy (non-hydrogen) atoms. The van der Waals surface area contributed by atoms with E-state index >= 15 is 0 Å². The molecule has 0 aliphatic carbocycles. The van der Waals surface area contributed by atoms with Crippen LogP contribution in [0.2, 0.25) is 0 Å². The number of benzene rings is 2.